The average molecular weight is 379 g/mol. The Morgan fingerprint density at radius 2 is 1.60 bits per heavy atom. The van der Waals surface area contributed by atoms with Crippen LogP contribution in [0.5, 0.6) is 0 Å². The first kappa shape index (κ1) is 19.3. The van der Waals surface area contributed by atoms with Crippen LogP contribution in [0.3, 0.4) is 0 Å². The summed E-state index contributed by atoms with van der Waals surface area (Å²) in [6, 6.07) is 14.5. The SMILES string of the molecule is COCC(=O)Nc1ccc(NC(=O)CSCc2ccccc2Cl)cc1. The van der Waals surface area contributed by atoms with Crippen molar-refractivity contribution in [1.82, 2.24) is 0 Å². The molecule has 2 amide bonds. The molecule has 5 nitrogen and oxygen atoms in total. The fourth-order valence-corrected chi connectivity index (χ4v) is 3.14. The lowest BCUT2D eigenvalue weighted by molar-refractivity contribution is -0.119. The lowest BCUT2D eigenvalue weighted by Gasteiger charge is -2.08. The first-order valence-electron chi connectivity index (χ1n) is 7.58. The minimum atomic E-state index is -0.227. The van der Waals surface area contributed by atoms with Crippen molar-refractivity contribution in [2.45, 2.75) is 5.75 Å². The predicted octanol–water partition coefficient (Wildman–Crippen LogP) is 3.80. The van der Waals surface area contributed by atoms with Gasteiger partial charge in [0, 0.05) is 29.3 Å². The molecule has 2 rings (SSSR count). The van der Waals surface area contributed by atoms with E-state index in [1.165, 1.54) is 18.9 Å². The van der Waals surface area contributed by atoms with E-state index in [2.05, 4.69) is 10.6 Å². The maximum Gasteiger partial charge on any atom is 0.250 e. The number of methoxy groups -OCH3 is 1. The van der Waals surface area contributed by atoms with Crippen molar-refractivity contribution in [2.24, 2.45) is 0 Å². The number of anilines is 2. The molecule has 0 heterocycles. The van der Waals surface area contributed by atoms with Gasteiger partial charge in [-0.3, -0.25) is 9.59 Å². The van der Waals surface area contributed by atoms with E-state index in [0.29, 0.717) is 27.9 Å². The number of benzene rings is 2. The highest BCUT2D eigenvalue weighted by atomic mass is 35.5. The van der Waals surface area contributed by atoms with Gasteiger partial charge in [-0.25, -0.2) is 0 Å². The van der Waals surface area contributed by atoms with Crippen LogP contribution in [0.15, 0.2) is 48.5 Å². The smallest absolute Gasteiger partial charge is 0.250 e. The fourth-order valence-electron chi connectivity index (χ4n) is 2.03. The van der Waals surface area contributed by atoms with E-state index in [1.54, 1.807) is 24.3 Å². The minimum Gasteiger partial charge on any atom is -0.375 e. The zero-order valence-electron chi connectivity index (χ0n) is 13.8. The van der Waals surface area contributed by atoms with E-state index in [-0.39, 0.29) is 18.4 Å². The molecule has 25 heavy (non-hydrogen) atoms. The van der Waals surface area contributed by atoms with Crippen LogP contribution in [0.2, 0.25) is 5.02 Å². The third-order valence-electron chi connectivity index (χ3n) is 3.18. The molecule has 7 heteroatoms. The van der Waals surface area contributed by atoms with E-state index in [0.717, 1.165) is 5.56 Å². The Labute approximate surface area is 156 Å². The molecule has 2 N–H and O–H groups in total. The topological polar surface area (TPSA) is 67.4 Å². The third kappa shape index (κ3) is 6.78. The van der Waals surface area contributed by atoms with E-state index in [1.807, 2.05) is 24.3 Å². The van der Waals surface area contributed by atoms with Crippen LogP contribution in [0.4, 0.5) is 11.4 Å². The van der Waals surface area contributed by atoms with Gasteiger partial charge in [0.15, 0.2) is 0 Å². The molecule has 132 valence electrons. The number of hydrogen-bond acceptors (Lipinski definition) is 4. The van der Waals surface area contributed by atoms with Gasteiger partial charge in [0.25, 0.3) is 0 Å². The summed E-state index contributed by atoms with van der Waals surface area (Å²) in [5.41, 5.74) is 2.33. The van der Waals surface area contributed by atoms with E-state index >= 15 is 0 Å². The molecule has 0 aliphatic heterocycles. The predicted molar refractivity (Wildman–Crippen MR) is 103 cm³/mol. The summed E-state index contributed by atoms with van der Waals surface area (Å²) in [7, 11) is 1.46. The van der Waals surface area contributed by atoms with Crippen molar-refractivity contribution in [3.8, 4) is 0 Å². The molecule has 0 atom stereocenters. The molecular formula is C18H19ClN2O3S. The maximum absolute atomic E-state index is 12.0. The lowest BCUT2D eigenvalue weighted by atomic mass is 10.2. The molecular weight excluding hydrogens is 360 g/mol. The van der Waals surface area contributed by atoms with Gasteiger partial charge in [0.1, 0.15) is 6.61 Å². The molecule has 0 fully saturated rings. The first-order valence-corrected chi connectivity index (χ1v) is 9.11. The van der Waals surface area contributed by atoms with Gasteiger partial charge >= 0.3 is 0 Å². The number of hydrogen-bond donors (Lipinski definition) is 2. The van der Waals surface area contributed by atoms with Gasteiger partial charge in [-0.05, 0) is 35.9 Å². The largest absolute Gasteiger partial charge is 0.375 e. The maximum atomic E-state index is 12.0. The second kappa shape index (κ2) is 10.1. The highest BCUT2D eigenvalue weighted by Gasteiger charge is 2.06. The summed E-state index contributed by atoms with van der Waals surface area (Å²) in [4.78, 5) is 23.4. The Balaban J connectivity index is 1.76. The summed E-state index contributed by atoms with van der Waals surface area (Å²) in [5, 5.41) is 6.22. The Kier molecular flexibility index (Phi) is 7.78. The standard InChI is InChI=1S/C18H19ClN2O3S/c1-24-10-17(22)20-14-6-8-15(9-7-14)21-18(23)12-25-11-13-4-2-3-5-16(13)19/h2-9H,10-12H2,1H3,(H,20,22)(H,21,23). The number of ether oxygens (including phenoxy) is 1. The molecule has 0 aliphatic carbocycles. The van der Waals surface area contributed by atoms with Gasteiger partial charge in [0.05, 0.1) is 5.75 Å². The van der Waals surface area contributed by atoms with Crippen molar-refractivity contribution in [3.05, 3.63) is 59.1 Å². The first-order chi connectivity index (χ1) is 12.1. The molecule has 0 aromatic heterocycles. The summed E-state index contributed by atoms with van der Waals surface area (Å²) >= 11 is 7.59. The number of thioether (sulfide) groups is 1. The monoisotopic (exact) mass is 378 g/mol. The highest BCUT2D eigenvalue weighted by Crippen LogP contribution is 2.21. The van der Waals surface area contributed by atoms with E-state index < -0.39 is 0 Å². The van der Waals surface area contributed by atoms with Crippen LogP contribution in [-0.4, -0.2) is 31.3 Å². The third-order valence-corrected chi connectivity index (χ3v) is 4.53. The van der Waals surface area contributed by atoms with E-state index in [4.69, 9.17) is 16.3 Å². The molecule has 2 aromatic carbocycles. The Hall–Kier alpha value is -2.02. The van der Waals surface area contributed by atoms with Crippen molar-refractivity contribution in [2.75, 3.05) is 30.1 Å². The molecule has 0 spiro atoms. The number of amides is 2. The van der Waals surface area contributed by atoms with Gasteiger partial charge in [-0.1, -0.05) is 29.8 Å². The van der Waals surface area contributed by atoms with Crippen LogP contribution >= 0.6 is 23.4 Å². The fraction of sp³-hybridized carbons (Fsp3) is 0.222. The second-order valence-electron chi connectivity index (χ2n) is 5.19. The van der Waals surface area contributed by atoms with Crippen molar-refractivity contribution in [1.29, 1.82) is 0 Å². The van der Waals surface area contributed by atoms with Crippen LogP contribution in [0.1, 0.15) is 5.56 Å². The van der Waals surface area contributed by atoms with Gasteiger partial charge in [0.2, 0.25) is 11.8 Å². The summed E-state index contributed by atoms with van der Waals surface area (Å²) < 4.78 is 4.75. The summed E-state index contributed by atoms with van der Waals surface area (Å²) in [6.45, 7) is 0.00113. The molecule has 0 bridgehead atoms. The number of carbonyl (C=O) groups excluding carboxylic acids is 2. The molecule has 0 saturated heterocycles. The summed E-state index contributed by atoms with van der Waals surface area (Å²) in [5.74, 6) is 0.693. The Morgan fingerprint density at radius 3 is 2.20 bits per heavy atom. The van der Waals surface area contributed by atoms with Crippen LogP contribution in [-0.2, 0) is 20.1 Å². The highest BCUT2D eigenvalue weighted by molar-refractivity contribution is 7.99. The average Bonchev–Trinajstić information content (AvgIpc) is 2.58. The van der Waals surface area contributed by atoms with Crippen molar-refractivity contribution in [3.63, 3.8) is 0 Å². The van der Waals surface area contributed by atoms with Crippen LogP contribution < -0.4 is 10.6 Å². The zero-order valence-corrected chi connectivity index (χ0v) is 15.3. The number of nitrogens with one attached hydrogen (secondary N) is 2. The molecule has 0 radical (unpaired) electrons. The zero-order chi connectivity index (χ0) is 18.1. The molecule has 0 unspecified atom stereocenters. The van der Waals surface area contributed by atoms with Gasteiger partial charge in [-0.15, -0.1) is 11.8 Å². The van der Waals surface area contributed by atoms with Crippen molar-refractivity contribution >= 4 is 46.6 Å². The lowest BCUT2D eigenvalue weighted by Crippen LogP contribution is -2.17. The second-order valence-corrected chi connectivity index (χ2v) is 6.58. The van der Waals surface area contributed by atoms with Gasteiger partial charge in [-0.2, -0.15) is 0 Å². The quantitative estimate of drug-likeness (QED) is 0.733. The number of carbonyl (C=O) groups is 2. The summed E-state index contributed by atoms with van der Waals surface area (Å²) in [6.07, 6.45) is 0. The Bertz CT molecular complexity index is 723. The van der Waals surface area contributed by atoms with Crippen LogP contribution in [0.25, 0.3) is 0 Å². The number of halogens is 1. The minimum absolute atomic E-state index is 0.00113. The van der Waals surface area contributed by atoms with Crippen LogP contribution in [0, 0.1) is 0 Å². The Morgan fingerprint density at radius 1 is 1.00 bits per heavy atom. The van der Waals surface area contributed by atoms with Crippen molar-refractivity contribution < 1.29 is 14.3 Å². The molecule has 2 aromatic rings. The molecule has 0 aliphatic rings. The molecule has 0 saturated carbocycles. The van der Waals surface area contributed by atoms with Gasteiger partial charge < -0.3 is 15.4 Å². The number of rotatable bonds is 8. The normalized spacial score (nSPS) is 10.3. The van der Waals surface area contributed by atoms with E-state index in [9.17, 15) is 9.59 Å².